The first kappa shape index (κ1) is 45.9. The summed E-state index contributed by atoms with van der Waals surface area (Å²) in [5, 5.41) is 0. The average molecular weight is 632 g/mol. The molecule has 266 valence electrons. The Balaban J connectivity index is 0. The average Bonchev–Trinajstić information content (AvgIpc) is 3.00. The molecule has 0 N–H and O–H groups in total. The van der Waals surface area contributed by atoms with Gasteiger partial charge in [-0.15, -0.1) is 0 Å². The number of hydrogen-bond donors (Lipinski definition) is 0. The van der Waals surface area contributed by atoms with Crippen molar-refractivity contribution in [3.8, 4) is 0 Å². The summed E-state index contributed by atoms with van der Waals surface area (Å²) in [5.41, 5.74) is -0.804. The molecule has 0 heterocycles. The molecule has 0 aliphatic rings. The Morgan fingerprint density at radius 1 is 0.422 bits per heavy atom. The van der Waals surface area contributed by atoms with Crippen LogP contribution in [0.1, 0.15) is 207 Å². The molecule has 0 bridgehead atoms. The van der Waals surface area contributed by atoms with Gasteiger partial charge in [0, 0.05) is 12.8 Å². The number of rotatable bonds is 32. The number of ketones is 2. The summed E-state index contributed by atoms with van der Waals surface area (Å²) < 4.78 is 0. The Morgan fingerprint density at radius 2 is 0.644 bits per heavy atom. The molecular formula is C42H81NO2. The molecule has 0 rings (SSSR count). The molecule has 0 unspecified atom stereocenters. The van der Waals surface area contributed by atoms with Crippen molar-refractivity contribution in [2.24, 2.45) is 5.41 Å². The highest BCUT2D eigenvalue weighted by Crippen LogP contribution is 2.25. The summed E-state index contributed by atoms with van der Waals surface area (Å²) in [7, 11) is 6.00. The zero-order chi connectivity index (χ0) is 33.9. The summed E-state index contributed by atoms with van der Waals surface area (Å²) >= 11 is 0. The Bertz CT molecular complexity index is 634. The molecule has 0 saturated carbocycles. The molecule has 0 amide bonds. The summed E-state index contributed by atoms with van der Waals surface area (Å²) in [6.45, 7) is 8.25. The van der Waals surface area contributed by atoms with Crippen molar-refractivity contribution in [2.75, 3.05) is 21.1 Å². The lowest BCUT2D eigenvalue weighted by Gasteiger charge is -2.21. The SMILES string of the molecule is CCCCCCCC/C=C\CCCCCCCC(=O)C(C)(C)C(=O)CCCCCCC/C=C\CCCCCCCC.CN(C)C. The Hall–Kier alpha value is -1.22. The maximum Gasteiger partial charge on any atom is 0.145 e. The zero-order valence-corrected chi connectivity index (χ0v) is 31.9. The second kappa shape index (κ2) is 35.6. The Morgan fingerprint density at radius 3 is 0.911 bits per heavy atom. The van der Waals surface area contributed by atoms with Crippen LogP contribution in [0.4, 0.5) is 0 Å². The summed E-state index contributed by atoms with van der Waals surface area (Å²) in [4.78, 5) is 27.5. The molecule has 0 radical (unpaired) electrons. The maximum absolute atomic E-state index is 12.8. The number of unbranched alkanes of at least 4 members (excludes halogenated alkanes) is 22. The van der Waals surface area contributed by atoms with Crippen molar-refractivity contribution in [3.05, 3.63) is 24.3 Å². The molecule has 0 fully saturated rings. The standard InChI is InChI=1S/C39H72O2.C3H9N/c1-5-7-9-11-13-15-17-19-21-23-25-27-29-31-33-35-37(40)39(3,4)38(41)36-34-32-30-28-26-24-22-20-18-16-14-12-10-8-6-2;1-4(2)3/h19-22H,5-18,23-36H2,1-4H3;1-3H3/b21-19-,22-20-;. The van der Waals surface area contributed by atoms with Crippen LogP contribution in [0.2, 0.25) is 0 Å². The van der Waals surface area contributed by atoms with Crippen LogP contribution < -0.4 is 0 Å². The second-order valence-electron chi connectivity index (χ2n) is 14.5. The zero-order valence-electron chi connectivity index (χ0n) is 31.9. The minimum atomic E-state index is -0.804. The van der Waals surface area contributed by atoms with Gasteiger partial charge in [-0.2, -0.15) is 0 Å². The highest BCUT2D eigenvalue weighted by molar-refractivity contribution is 6.06. The Labute approximate surface area is 283 Å². The van der Waals surface area contributed by atoms with E-state index in [1.54, 1.807) is 0 Å². The molecule has 45 heavy (non-hydrogen) atoms. The highest BCUT2D eigenvalue weighted by atomic mass is 16.2. The van der Waals surface area contributed by atoms with Crippen molar-refractivity contribution in [1.29, 1.82) is 0 Å². The number of carbonyl (C=O) groups is 2. The predicted octanol–water partition coefficient (Wildman–Crippen LogP) is 13.4. The van der Waals surface area contributed by atoms with Crippen LogP contribution in [0.15, 0.2) is 24.3 Å². The van der Waals surface area contributed by atoms with Crippen molar-refractivity contribution in [2.45, 2.75) is 207 Å². The van der Waals surface area contributed by atoms with Gasteiger partial charge in [-0.25, -0.2) is 0 Å². The summed E-state index contributed by atoms with van der Waals surface area (Å²) in [6, 6.07) is 0. The first-order valence-electron chi connectivity index (χ1n) is 19.7. The first-order chi connectivity index (χ1) is 21.7. The van der Waals surface area contributed by atoms with E-state index in [9.17, 15) is 9.59 Å². The van der Waals surface area contributed by atoms with E-state index in [1.165, 1.54) is 141 Å². The minimum Gasteiger partial charge on any atom is -0.312 e. The van der Waals surface area contributed by atoms with Gasteiger partial charge in [0.1, 0.15) is 11.6 Å². The van der Waals surface area contributed by atoms with Gasteiger partial charge in [0.15, 0.2) is 0 Å². The van der Waals surface area contributed by atoms with Gasteiger partial charge in [0.05, 0.1) is 5.41 Å². The van der Waals surface area contributed by atoms with E-state index in [-0.39, 0.29) is 11.6 Å². The number of allylic oxidation sites excluding steroid dienone is 4. The van der Waals surface area contributed by atoms with E-state index in [4.69, 9.17) is 0 Å². The molecule has 0 aliphatic heterocycles. The Kier molecular flexibility index (Phi) is 36.3. The monoisotopic (exact) mass is 632 g/mol. The van der Waals surface area contributed by atoms with Crippen LogP contribution in [0, 0.1) is 5.41 Å². The molecule has 0 saturated heterocycles. The molecule has 0 spiro atoms. The van der Waals surface area contributed by atoms with E-state index in [0.717, 1.165) is 25.7 Å². The van der Waals surface area contributed by atoms with E-state index < -0.39 is 5.41 Å². The predicted molar refractivity (Wildman–Crippen MR) is 202 cm³/mol. The smallest absolute Gasteiger partial charge is 0.145 e. The molecule has 0 aromatic rings. The van der Waals surface area contributed by atoms with E-state index in [0.29, 0.717) is 12.8 Å². The van der Waals surface area contributed by atoms with Gasteiger partial charge >= 0.3 is 0 Å². The minimum absolute atomic E-state index is 0.146. The molecule has 0 aromatic carbocycles. The largest absolute Gasteiger partial charge is 0.312 e. The maximum atomic E-state index is 12.8. The highest BCUT2D eigenvalue weighted by Gasteiger charge is 2.33. The van der Waals surface area contributed by atoms with Gasteiger partial charge < -0.3 is 4.90 Å². The van der Waals surface area contributed by atoms with Crippen LogP contribution in [0.5, 0.6) is 0 Å². The lowest BCUT2D eigenvalue weighted by molar-refractivity contribution is -0.138. The van der Waals surface area contributed by atoms with Gasteiger partial charge in [-0.05, 0) is 99.2 Å². The van der Waals surface area contributed by atoms with E-state index in [2.05, 4.69) is 38.2 Å². The quantitative estimate of drug-likeness (QED) is 0.0421. The number of hydrogen-bond acceptors (Lipinski definition) is 3. The van der Waals surface area contributed by atoms with Crippen molar-refractivity contribution in [1.82, 2.24) is 4.90 Å². The molecule has 0 atom stereocenters. The van der Waals surface area contributed by atoms with Crippen LogP contribution in [-0.4, -0.2) is 37.6 Å². The van der Waals surface area contributed by atoms with Gasteiger partial charge in [-0.1, -0.05) is 141 Å². The lowest BCUT2D eigenvalue weighted by atomic mass is 9.79. The fourth-order valence-corrected chi connectivity index (χ4v) is 5.49. The third-order valence-electron chi connectivity index (χ3n) is 8.73. The molecule has 3 nitrogen and oxygen atoms in total. The van der Waals surface area contributed by atoms with E-state index >= 15 is 0 Å². The fraction of sp³-hybridized carbons (Fsp3) is 0.857. The number of nitrogens with zero attached hydrogens (tertiary/aromatic N) is 1. The van der Waals surface area contributed by atoms with Crippen molar-refractivity contribution < 1.29 is 9.59 Å². The molecule has 0 aromatic heterocycles. The van der Waals surface area contributed by atoms with Gasteiger partial charge in [0.2, 0.25) is 0 Å². The summed E-state index contributed by atoms with van der Waals surface area (Å²) in [5.74, 6) is 0.292. The number of carbonyl (C=O) groups excluding carboxylic acids is 2. The van der Waals surface area contributed by atoms with Crippen molar-refractivity contribution in [3.63, 3.8) is 0 Å². The van der Waals surface area contributed by atoms with Crippen LogP contribution >= 0.6 is 0 Å². The molecule has 0 aliphatic carbocycles. The fourth-order valence-electron chi connectivity index (χ4n) is 5.49. The van der Waals surface area contributed by atoms with Gasteiger partial charge in [0.25, 0.3) is 0 Å². The lowest BCUT2D eigenvalue weighted by Crippen LogP contribution is -2.33. The van der Waals surface area contributed by atoms with E-state index in [1.807, 2.05) is 39.9 Å². The molecular weight excluding hydrogens is 550 g/mol. The second-order valence-corrected chi connectivity index (χ2v) is 14.5. The third kappa shape index (κ3) is 35.5. The van der Waals surface area contributed by atoms with Crippen LogP contribution in [0.25, 0.3) is 0 Å². The molecule has 3 heteroatoms. The summed E-state index contributed by atoms with van der Waals surface area (Å²) in [6.07, 6.45) is 43.3. The van der Waals surface area contributed by atoms with Crippen molar-refractivity contribution >= 4 is 11.6 Å². The van der Waals surface area contributed by atoms with Crippen LogP contribution in [-0.2, 0) is 9.59 Å². The van der Waals surface area contributed by atoms with Gasteiger partial charge in [-0.3, -0.25) is 9.59 Å². The third-order valence-corrected chi connectivity index (χ3v) is 8.73. The first-order valence-corrected chi connectivity index (χ1v) is 19.7. The normalized spacial score (nSPS) is 11.9. The topological polar surface area (TPSA) is 37.4 Å². The number of Topliss-reactive ketones (excluding diaryl/α,β-unsaturated/α-hetero) is 2. The van der Waals surface area contributed by atoms with Crippen LogP contribution in [0.3, 0.4) is 0 Å².